The highest BCUT2D eigenvalue weighted by molar-refractivity contribution is 5.89. The van der Waals surface area contributed by atoms with E-state index in [1.165, 1.54) is 12.8 Å². The number of nitrogens with zero attached hydrogens (tertiary/aromatic N) is 1. The normalized spacial score (nSPS) is 22.2. The third-order valence-corrected chi connectivity index (χ3v) is 4.01. The van der Waals surface area contributed by atoms with Crippen LogP contribution in [0, 0.1) is 0 Å². The minimum Gasteiger partial charge on any atom is -0.442 e. The molecule has 4 heteroatoms. The van der Waals surface area contributed by atoms with Gasteiger partial charge in [0.25, 0.3) is 0 Å². The summed E-state index contributed by atoms with van der Waals surface area (Å²) in [5.41, 5.74) is 7.07. The highest BCUT2D eigenvalue weighted by Crippen LogP contribution is 2.40. The SMILES string of the molecule is Nc1cccc(N2CCC3(CCCC3)OC2=O)c1. The number of ether oxygens (including phenoxy) is 1. The van der Waals surface area contributed by atoms with E-state index in [4.69, 9.17) is 10.5 Å². The summed E-state index contributed by atoms with van der Waals surface area (Å²) in [5.74, 6) is 0. The molecule has 3 rings (SSSR count). The molecular weight excluding hydrogens is 228 g/mol. The average Bonchev–Trinajstić information content (AvgIpc) is 2.77. The van der Waals surface area contributed by atoms with Crippen LogP contribution in [-0.4, -0.2) is 18.2 Å². The average molecular weight is 246 g/mol. The van der Waals surface area contributed by atoms with Crippen LogP contribution in [0.3, 0.4) is 0 Å². The lowest BCUT2D eigenvalue weighted by atomic mass is 9.96. The number of hydrogen-bond donors (Lipinski definition) is 1. The van der Waals surface area contributed by atoms with Gasteiger partial charge >= 0.3 is 6.09 Å². The van der Waals surface area contributed by atoms with Crippen LogP contribution in [0.5, 0.6) is 0 Å². The van der Waals surface area contributed by atoms with Gasteiger partial charge in [-0.3, -0.25) is 4.90 Å². The fraction of sp³-hybridized carbons (Fsp3) is 0.500. The number of hydrogen-bond acceptors (Lipinski definition) is 3. The van der Waals surface area contributed by atoms with Crippen LogP contribution < -0.4 is 10.6 Å². The lowest BCUT2D eigenvalue weighted by Crippen LogP contribution is -2.48. The Kier molecular flexibility index (Phi) is 2.65. The highest BCUT2D eigenvalue weighted by atomic mass is 16.6. The van der Waals surface area contributed by atoms with Crippen molar-refractivity contribution in [2.24, 2.45) is 0 Å². The molecule has 1 heterocycles. The Hall–Kier alpha value is -1.71. The maximum absolute atomic E-state index is 12.1. The Morgan fingerprint density at radius 3 is 2.67 bits per heavy atom. The monoisotopic (exact) mass is 246 g/mol. The van der Waals surface area contributed by atoms with E-state index in [1.54, 1.807) is 4.90 Å². The molecule has 0 unspecified atom stereocenters. The smallest absolute Gasteiger partial charge is 0.414 e. The van der Waals surface area contributed by atoms with Crippen molar-refractivity contribution in [1.82, 2.24) is 0 Å². The number of nitrogen functional groups attached to an aromatic ring is 1. The van der Waals surface area contributed by atoms with Gasteiger partial charge in [-0.2, -0.15) is 0 Å². The summed E-state index contributed by atoms with van der Waals surface area (Å²) in [6.07, 6.45) is 5.08. The van der Waals surface area contributed by atoms with Gasteiger partial charge in [-0.1, -0.05) is 6.07 Å². The second-order valence-corrected chi connectivity index (χ2v) is 5.25. The minimum absolute atomic E-state index is 0.173. The number of rotatable bonds is 1. The molecule has 1 aliphatic carbocycles. The number of carbonyl (C=O) groups is 1. The van der Waals surface area contributed by atoms with Gasteiger partial charge in [0.2, 0.25) is 0 Å². The van der Waals surface area contributed by atoms with Crippen LogP contribution in [0.2, 0.25) is 0 Å². The molecule has 1 aromatic rings. The Bertz CT molecular complexity index is 467. The summed E-state index contributed by atoms with van der Waals surface area (Å²) in [7, 11) is 0. The molecule has 1 aromatic carbocycles. The molecule has 0 radical (unpaired) electrons. The molecule has 1 spiro atoms. The zero-order chi connectivity index (χ0) is 12.6. The van der Waals surface area contributed by atoms with Gasteiger partial charge in [0.1, 0.15) is 5.60 Å². The summed E-state index contributed by atoms with van der Waals surface area (Å²) < 4.78 is 5.69. The second kappa shape index (κ2) is 4.19. The van der Waals surface area contributed by atoms with Crippen molar-refractivity contribution >= 4 is 17.5 Å². The van der Waals surface area contributed by atoms with Crippen molar-refractivity contribution in [3.63, 3.8) is 0 Å². The van der Waals surface area contributed by atoms with Gasteiger partial charge < -0.3 is 10.5 Å². The van der Waals surface area contributed by atoms with Gasteiger partial charge in [0.15, 0.2) is 0 Å². The third kappa shape index (κ3) is 1.92. The zero-order valence-corrected chi connectivity index (χ0v) is 10.4. The van der Waals surface area contributed by atoms with E-state index in [0.717, 1.165) is 31.5 Å². The molecule has 96 valence electrons. The van der Waals surface area contributed by atoms with E-state index >= 15 is 0 Å². The van der Waals surface area contributed by atoms with Crippen LogP contribution in [0.1, 0.15) is 32.1 Å². The largest absolute Gasteiger partial charge is 0.442 e. The maximum Gasteiger partial charge on any atom is 0.414 e. The molecule has 18 heavy (non-hydrogen) atoms. The van der Waals surface area contributed by atoms with Crippen LogP contribution in [-0.2, 0) is 4.74 Å². The molecule has 1 amide bonds. The highest BCUT2D eigenvalue weighted by Gasteiger charge is 2.42. The quantitative estimate of drug-likeness (QED) is 0.775. The molecule has 1 saturated heterocycles. The Labute approximate surface area is 107 Å². The van der Waals surface area contributed by atoms with Crippen molar-refractivity contribution in [2.75, 3.05) is 17.2 Å². The Morgan fingerprint density at radius 1 is 1.22 bits per heavy atom. The molecule has 4 nitrogen and oxygen atoms in total. The van der Waals surface area contributed by atoms with Crippen LogP contribution in [0.25, 0.3) is 0 Å². The van der Waals surface area contributed by atoms with Crippen molar-refractivity contribution < 1.29 is 9.53 Å². The molecule has 1 aliphatic heterocycles. The summed E-state index contributed by atoms with van der Waals surface area (Å²) in [6, 6.07) is 7.38. The standard InChI is InChI=1S/C14H18N2O2/c15-11-4-3-5-12(10-11)16-9-8-14(18-13(16)17)6-1-2-7-14/h3-5,10H,1-2,6-9,15H2. The fourth-order valence-electron chi connectivity index (χ4n) is 3.00. The number of carbonyl (C=O) groups excluding carboxylic acids is 1. The Balaban J connectivity index is 1.78. The first kappa shape index (κ1) is 11.4. The van der Waals surface area contributed by atoms with Crippen molar-refractivity contribution in [2.45, 2.75) is 37.7 Å². The summed E-state index contributed by atoms with van der Waals surface area (Å²) in [5, 5.41) is 0. The third-order valence-electron chi connectivity index (χ3n) is 4.01. The summed E-state index contributed by atoms with van der Waals surface area (Å²) >= 11 is 0. The zero-order valence-electron chi connectivity index (χ0n) is 10.4. The molecule has 0 bridgehead atoms. The van der Waals surface area contributed by atoms with E-state index < -0.39 is 0 Å². The first-order valence-electron chi connectivity index (χ1n) is 6.55. The second-order valence-electron chi connectivity index (χ2n) is 5.25. The molecule has 0 aromatic heterocycles. The van der Waals surface area contributed by atoms with Crippen LogP contribution in [0.15, 0.2) is 24.3 Å². The molecular formula is C14H18N2O2. The number of benzene rings is 1. The minimum atomic E-state index is -0.228. The van der Waals surface area contributed by atoms with Gasteiger partial charge in [0, 0.05) is 24.3 Å². The molecule has 0 atom stereocenters. The topological polar surface area (TPSA) is 55.6 Å². The predicted molar refractivity (Wildman–Crippen MR) is 70.5 cm³/mol. The van der Waals surface area contributed by atoms with Gasteiger partial charge in [0.05, 0.1) is 0 Å². The van der Waals surface area contributed by atoms with E-state index in [-0.39, 0.29) is 11.7 Å². The summed E-state index contributed by atoms with van der Waals surface area (Å²) in [4.78, 5) is 13.8. The van der Waals surface area contributed by atoms with E-state index in [2.05, 4.69) is 0 Å². The van der Waals surface area contributed by atoms with Crippen LogP contribution in [0.4, 0.5) is 16.2 Å². The van der Waals surface area contributed by atoms with Gasteiger partial charge in [-0.05, 0) is 43.9 Å². The van der Waals surface area contributed by atoms with Crippen molar-refractivity contribution in [3.05, 3.63) is 24.3 Å². The van der Waals surface area contributed by atoms with E-state index in [0.29, 0.717) is 5.69 Å². The Morgan fingerprint density at radius 2 is 2.00 bits per heavy atom. The fourth-order valence-corrected chi connectivity index (χ4v) is 3.00. The maximum atomic E-state index is 12.1. The first-order chi connectivity index (χ1) is 8.69. The van der Waals surface area contributed by atoms with Crippen LogP contribution >= 0.6 is 0 Å². The first-order valence-corrected chi connectivity index (χ1v) is 6.55. The van der Waals surface area contributed by atoms with Crippen molar-refractivity contribution in [1.29, 1.82) is 0 Å². The molecule has 2 fully saturated rings. The summed E-state index contributed by atoms with van der Waals surface area (Å²) in [6.45, 7) is 0.724. The van der Waals surface area contributed by atoms with E-state index in [1.807, 2.05) is 24.3 Å². The number of nitrogens with two attached hydrogens (primary N) is 1. The number of anilines is 2. The van der Waals surface area contributed by atoms with Gasteiger partial charge in [-0.15, -0.1) is 0 Å². The number of amides is 1. The molecule has 1 saturated carbocycles. The van der Waals surface area contributed by atoms with Crippen molar-refractivity contribution in [3.8, 4) is 0 Å². The molecule has 2 aliphatic rings. The predicted octanol–water partition coefficient (Wildman–Crippen LogP) is 2.93. The van der Waals surface area contributed by atoms with E-state index in [9.17, 15) is 4.79 Å². The van der Waals surface area contributed by atoms with Gasteiger partial charge in [-0.25, -0.2) is 4.79 Å². The molecule has 2 N–H and O–H groups in total. The lowest BCUT2D eigenvalue weighted by Gasteiger charge is -2.38. The lowest BCUT2D eigenvalue weighted by molar-refractivity contribution is 0.000554.